The van der Waals surface area contributed by atoms with Crippen molar-refractivity contribution in [2.24, 2.45) is 5.14 Å². The van der Waals surface area contributed by atoms with Crippen molar-refractivity contribution < 1.29 is 31.1 Å². The summed E-state index contributed by atoms with van der Waals surface area (Å²) in [7, 11) is -3.73. The molecule has 4 rings (SSSR count). The second-order valence-electron chi connectivity index (χ2n) is 8.55. The minimum Gasteiger partial charge on any atom is -0.457 e. The van der Waals surface area contributed by atoms with Crippen molar-refractivity contribution in [3.63, 3.8) is 0 Å². The van der Waals surface area contributed by atoms with Crippen LogP contribution < -0.4 is 20.1 Å². The molecule has 3 N–H and O–H groups in total. The SMILES string of the molecule is NS(=O)(=O)CCCC1NC(=O)N(c2ccc(Oc3ccc(Cl)cc3)cc2)C1c1cccc(C(F)(F)F)c1. The zero-order valence-electron chi connectivity index (χ0n) is 19.3. The first kappa shape index (κ1) is 26.8. The van der Waals surface area contributed by atoms with Crippen molar-refractivity contribution in [2.75, 3.05) is 10.7 Å². The summed E-state index contributed by atoms with van der Waals surface area (Å²) in [6.45, 7) is 0. The van der Waals surface area contributed by atoms with Gasteiger partial charge in [-0.25, -0.2) is 18.4 Å². The number of carbonyl (C=O) groups excluding carboxylic acids is 1. The Balaban J connectivity index is 1.64. The number of primary sulfonamides is 1. The predicted molar refractivity (Wildman–Crippen MR) is 134 cm³/mol. The third kappa shape index (κ3) is 6.73. The fraction of sp³-hybridized carbons (Fsp3) is 0.240. The van der Waals surface area contributed by atoms with Crippen LogP contribution in [0.1, 0.15) is 30.0 Å². The first-order valence-electron chi connectivity index (χ1n) is 11.2. The van der Waals surface area contributed by atoms with Crippen LogP contribution in [0.2, 0.25) is 5.02 Å². The number of benzene rings is 3. The van der Waals surface area contributed by atoms with Gasteiger partial charge in [0.15, 0.2) is 0 Å². The van der Waals surface area contributed by atoms with Crippen LogP contribution in [-0.4, -0.2) is 26.2 Å². The number of ether oxygens (including phenoxy) is 1. The van der Waals surface area contributed by atoms with Crippen LogP contribution in [-0.2, 0) is 16.2 Å². The summed E-state index contributed by atoms with van der Waals surface area (Å²) in [6.07, 6.45) is -4.25. The van der Waals surface area contributed by atoms with Crippen LogP contribution >= 0.6 is 11.6 Å². The maximum Gasteiger partial charge on any atom is 0.416 e. The molecule has 1 saturated heterocycles. The van der Waals surface area contributed by atoms with E-state index in [1.807, 2.05) is 0 Å². The summed E-state index contributed by atoms with van der Waals surface area (Å²) >= 11 is 5.89. The molecule has 3 aromatic rings. The Bertz CT molecular complexity index is 1370. The van der Waals surface area contributed by atoms with Crippen LogP contribution in [0.4, 0.5) is 23.7 Å². The average Bonchev–Trinajstić information content (AvgIpc) is 3.15. The van der Waals surface area contributed by atoms with Crippen molar-refractivity contribution in [1.29, 1.82) is 0 Å². The van der Waals surface area contributed by atoms with E-state index in [1.54, 1.807) is 48.5 Å². The van der Waals surface area contributed by atoms with E-state index in [0.717, 1.165) is 12.1 Å². The number of nitrogens with one attached hydrogen (secondary N) is 1. The van der Waals surface area contributed by atoms with E-state index in [2.05, 4.69) is 5.32 Å². The highest BCUT2D eigenvalue weighted by Crippen LogP contribution is 2.39. The fourth-order valence-electron chi connectivity index (χ4n) is 4.22. The van der Waals surface area contributed by atoms with Gasteiger partial charge in [0.05, 0.1) is 23.4 Å². The highest BCUT2D eigenvalue weighted by atomic mass is 35.5. The third-order valence-electron chi connectivity index (χ3n) is 5.85. The standard InChI is InChI=1S/C25H23ClF3N3O4S/c26-18-6-10-20(11-7-18)36-21-12-8-19(9-13-21)32-23(16-3-1-4-17(15-16)25(27,28)29)22(31-24(32)33)5-2-14-37(30,34)35/h1,3-4,6-13,15,22-23H,2,5,14H2,(H,31,33)(H2,30,34,35). The highest BCUT2D eigenvalue weighted by molar-refractivity contribution is 7.89. The number of anilines is 1. The van der Waals surface area contributed by atoms with E-state index in [1.165, 1.54) is 17.0 Å². The molecule has 2 unspecified atom stereocenters. The van der Waals surface area contributed by atoms with Gasteiger partial charge in [-0.3, -0.25) is 4.90 Å². The van der Waals surface area contributed by atoms with Gasteiger partial charge >= 0.3 is 12.2 Å². The molecule has 0 spiro atoms. The Morgan fingerprint density at radius 2 is 1.62 bits per heavy atom. The van der Waals surface area contributed by atoms with Crippen molar-refractivity contribution >= 4 is 33.3 Å². The number of carbonyl (C=O) groups is 1. The van der Waals surface area contributed by atoms with E-state index >= 15 is 0 Å². The first-order chi connectivity index (χ1) is 17.4. The Morgan fingerprint density at radius 3 is 2.22 bits per heavy atom. The topological polar surface area (TPSA) is 102 Å². The molecule has 37 heavy (non-hydrogen) atoms. The summed E-state index contributed by atoms with van der Waals surface area (Å²) in [6, 6.07) is 16.0. The molecule has 196 valence electrons. The highest BCUT2D eigenvalue weighted by Gasteiger charge is 2.42. The Hall–Kier alpha value is -3.28. The third-order valence-corrected chi connectivity index (χ3v) is 6.96. The minimum atomic E-state index is -4.57. The van der Waals surface area contributed by atoms with E-state index in [-0.39, 0.29) is 24.2 Å². The van der Waals surface area contributed by atoms with Crippen LogP contribution in [0.3, 0.4) is 0 Å². The average molecular weight is 554 g/mol. The largest absolute Gasteiger partial charge is 0.457 e. The van der Waals surface area contributed by atoms with Gasteiger partial charge in [-0.05, 0) is 79.1 Å². The van der Waals surface area contributed by atoms with Gasteiger partial charge in [-0.15, -0.1) is 0 Å². The van der Waals surface area contributed by atoms with Gasteiger partial charge in [0, 0.05) is 10.7 Å². The maximum atomic E-state index is 13.4. The number of rotatable bonds is 8. The van der Waals surface area contributed by atoms with Crippen LogP contribution in [0.15, 0.2) is 72.8 Å². The summed E-state index contributed by atoms with van der Waals surface area (Å²) < 4.78 is 68.8. The molecule has 1 fully saturated rings. The lowest BCUT2D eigenvalue weighted by Crippen LogP contribution is -2.30. The molecule has 0 aromatic heterocycles. The molecule has 0 aliphatic carbocycles. The Labute approximate surface area is 217 Å². The van der Waals surface area contributed by atoms with Gasteiger partial charge in [-0.1, -0.05) is 23.7 Å². The molecule has 7 nitrogen and oxygen atoms in total. The molecular weight excluding hydrogens is 531 g/mol. The van der Waals surface area contributed by atoms with Gasteiger partial charge in [-0.2, -0.15) is 13.2 Å². The number of sulfonamides is 1. The van der Waals surface area contributed by atoms with Crippen molar-refractivity contribution in [1.82, 2.24) is 5.32 Å². The summed E-state index contributed by atoms with van der Waals surface area (Å²) in [5.41, 5.74) is -0.160. The number of nitrogens with zero attached hydrogens (tertiary/aromatic N) is 1. The van der Waals surface area contributed by atoms with Crippen molar-refractivity contribution in [3.05, 3.63) is 88.9 Å². The molecule has 1 aliphatic rings. The minimum absolute atomic E-state index is 0.126. The molecule has 0 bridgehead atoms. The van der Waals surface area contributed by atoms with E-state index in [0.29, 0.717) is 22.2 Å². The molecule has 2 atom stereocenters. The molecule has 0 saturated carbocycles. The number of amides is 2. The van der Waals surface area contributed by atoms with Gasteiger partial charge in [0.2, 0.25) is 10.0 Å². The predicted octanol–water partition coefficient (Wildman–Crippen LogP) is 5.86. The fourth-order valence-corrected chi connectivity index (χ4v) is 4.91. The number of hydrogen-bond acceptors (Lipinski definition) is 4. The lowest BCUT2D eigenvalue weighted by molar-refractivity contribution is -0.137. The van der Waals surface area contributed by atoms with Crippen LogP contribution in [0.5, 0.6) is 11.5 Å². The van der Waals surface area contributed by atoms with Gasteiger partial charge in [0.25, 0.3) is 0 Å². The first-order valence-corrected chi connectivity index (χ1v) is 13.3. The normalized spacial score (nSPS) is 18.1. The number of urea groups is 1. The number of halogens is 4. The van der Waals surface area contributed by atoms with Crippen molar-refractivity contribution in [3.8, 4) is 11.5 Å². The number of alkyl halides is 3. The molecule has 1 heterocycles. The maximum absolute atomic E-state index is 13.4. The Kier molecular flexibility index (Phi) is 7.67. The van der Waals surface area contributed by atoms with Crippen LogP contribution in [0.25, 0.3) is 0 Å². The van der Waals surface area contributed by atoms with E-state index in [4.69, 9.17) is 21.5 Å². The van der Waals surface area contributed by atoms with Crippen LogP contribution in [0, 0.1) is 0 Å². The smallest absolute Gasteiger partial charge is 0.416 e. The van der Waals surface area contributed by atoms with Gasteiger partial charge in [0.1, 0.15) is 11.5 Å². The molecule has 0 radical (unpaired) electrons. The number of hydrogen-bond donors (Lipinski definition) is 2. The summed E-state index contributed by atoms with van der Waals surface area (Å²) in [4.78, 5) is 14.4. The summed E-state index contributed by atoms with van der Waals surface area (Å²) in [5, 5.41) is 8.43. The van der Waals surface area contributed by atoms with Crippen molar-refractivity contribution in [2.45, 2.75) is 31.1 Å². The second kappa shape index (κ2) is 10.6. The lowest BCUT2D eigenvalue weighted by atomic mass is 9.94. The lowest BCUT2D eigenvalue weighted by Gasteiger charge is -2.28. The van der Waals surface area contributed by atoms with Gasteiger partial charge < -0.3 is 10.1 Å². The molecule has 3 aromatic carbocycles. The monoisotopic (exact) mass is 553 g/mol. The Morgan fingerprint density at radius 1 is 1.00 bits per heavy atom. The van der Waals surface area contributed by atoms with E-state index in [9.17, 15) is 26.4 Å². The van der Waals surface area contributed by atoms with E-state index < -0.39 is 39.9 Å². The molecule has 2 amide bonds. The summed E-state index contributed by atoms with van der Waals surface area (Å²) in [5.74, 6) is 0.713. The molecule has 1 aliphatic heterocycles. The second-order valence-corrected chi connectivity index (χ2v) is 10.7. The molecule has 12 heteroatoms. The zero-order chi connectivity index (χ0) is 26.8. The molecular formula is C25H23ClF3N3O4S. The quantitative estimate of drug-likeness (QED) is 0.365. The number of nitrogens with two attached hydrogens (primary N) is 1. The zero-order valence-corrected chi connectivity index (χ0v) is 20.9.